The summed E-state index contributed by atoms with van der Waals surface area (Å²) in [6.07, 6.45) is 2.12. The number of amides is 1. The maximum absolute atomic E-state index is 12.3. The Morgan fingerprint density at radius 3 is 2.86 bits per heavy atom. The van der Waals surface area contributed by atoms with Crippen LogP contribution in [0.2, 0.25) is 0 Å². The molecule has 6 heteroatoms. The molecule has 1 aromatic carbocycles. The van der Waals surface area contributed by atoms with Gasteiger partial charge < -0.3 is 10.6 Å². The van der Waals surface area contributed by atoms with Crippen LogP contribution >= 0.6 is 24.8 Å². The summed E-state index contributed by atoms with van der Waals surface area (Å²) < 4.78 is 0. The molecule has 0 spiro atoms. The highest BCUT2D eigenvalue weighted by Gasteiger charge is 2.25. The van der Waals surface area contributed by atoms with Crippen LogP contribution < -0.4 is 10.6 Å². The molecule has 124 valence electrons. The number of hydrogen-bond acceptors (Lipinski definition) is 3. The summed E-state index contributed by atoms with van der Waals surface area (Å²) in [6.45, 7) is 7.06. The van der Waals surface area contributed by atoms with Crippen LogP contribution in [0, 0.1) is 5.92 Å². The van der Waals surface area contributed by atoms with Crippen molar-refractivity contribution in [1.82, 2.24) is 10.2 Å². The quantitative estimate of drug-likeness (QED) is 0.881. The van der Waals surface area contributed by atoms with Gasteiger partial charge in [0.2, 0.25) is 5.91 Å². The fourth-order valence-corrected chi connectivity index (χ4v) is 3.19. The normalized spacial score (nSPS) is 20.0. The third kappa shape index (κ3) is 4.13. The molecule has 4 nitrogen and oxygen atoms in total. The summed E-state index contributed by atoms with van der Waals surface area (Å²) in [6, 6.07) is 6.27. The molecule has 2 aliphatic rings. The second kappa shape index (κ2) is 8.73. The first-order chi connectivity index (χ1) is 9.78. The summed E-state index contributed by atoms with van der Waals surface area (Å²) in [5.41, 5.74) is 3.68. The molecule has 2 aliphatic heterocycles. The fraction of sp³-hybridized carbons (Fsp3) is 0.562. The van der Waals surface area contributed by atoms with E-state index in [0.717, 1.165) is 44.8 Å². The molecule has 1 fully saturated rings. The van der Waals surface area contributed by atoms with E-state index in [1.165, 1.54) is 17.5 Å². The zero-order chi connectivity index (χ0) is 13.9. The number of halogens is 2. The van der Waals surface area contributed by atoms with E-state index in [1.807, 2.05) is 6.07 Å². The van der Waals surface area contributed by atoms with Crippen molar-refractivity contribution >= 4 is 36.4 Å². The second-order valence-electron chi connectivity index (χ2n) is 5.83. The van der Waals surface area contributed by atoms with Crippen molar-refractivity contribution in [2.24, 2.45) is 5.92 Å². The Balaban J connectivity index is 0.00000121. The van der Waals surface area contributed by atoms with E-state index in [0.29, 0.717) is 0 Å². The third-order valence-corrected chi connectivity index (χ3v) is 4.28. The SMILES string of the molecule is CCCN1Cc2cccc(NC(=O)C3CCNC3)c2C1.Cl.Cl. The van der Waals surface area contributed by atoms with Crippen LogP contribution in [0.5, 0.6) is 0 Å². The lowest BCUT2D eigenvalue weighted by molar-refractivity contribution is -0.119. The van der Waals surface area contributed by atoms with E-state index in [-0.39, 0.29) is 36.6 Å². The summed E-state index contributed by atoms with van der Waals surface area (Å²) >= 11 is 0. The molecule has 1 atom stereocenters. The molecule has 2 heterocycles. The van der Waals surface area contributed by atoms with Crippen LogP contribution in [-0.2, 0) is 17.9 Å². The molecular weight excluding hydrogens is 321 g/mol. The standard InChI is InChI=1S/C16H23N3O.2ClH/c1-2-8-19-10-13-4-3-5-15(14(13)11-19)18-16(20)12-6-7-17-9-12;;/h3-5,12,17H,2,6-11H2,1H3,(H,18,20);2*1H. The topological polar surface area (TPSA) is 44.4 Å². The first-order valence-corrected chi connectivity index (χ1v) is 7.62. The Morgan fingerprint density at radius 1 is 1.36 bits per heavy atom. The summed E-state index contributed by atoms with van der Waals surface area (Å²) in [4.78, 5) is 14.7. The van der Waals surface area contributed by atoms with Crippen molar-refractivity contribution in [2.75, 3.05) is 25.0 Å². The highest BCUT2D eigenvalue weighted by Crippen LogP contribution is 2.29. The van der Waals surface area contributed by atoms with Gasteiger partial charge in [0.25, 0.3) is 0 Å². The van der Waals surface area contributed by atoms with Crippen LogP contribution in [0.15, 0.2) is 18.2 Å². The molecule has 2 N–H and O–H groups in total. The number of fused-ring (bicyclic) bond motifs is 1. The Labute approximate surface area is 144 Å². The van der Waals surface area contributed by atoms with Crippen LogP contribution in [0.1, 0.15) is 30.9 Å². The van der Waals surface area contributed by atoms with E-state index in [9.17, 15) is 4.79 Å². The fourth-order valence-electron chi connectivity index (χ4n) is 3.19. The number of carbonyl (C=O) groups is 1. The first-order valence-electron chi connectivity index (χ1n) is 7.62. The van der Waals surface area contributed by atoms with Crippen molar-refractivity contribution in [3.8, 4) is 0 Å². The van der Waals surface area contributed by atoms with E-state index in [2.05, 4.69) is 34.6 Å². The maximum atomic E-state index is 12.3. The predicted octanol–water partition coefficient (Wildman–Crippen LogP) is 2.80. The minimum Gasteiger partial charge on any atom is -0.325 e. The van der Waals surface area contributed by atoms with Gasteiger partial charge in [-0.3, -0.25) is 9.69 Å². The first kappa shape index (κ1) is 19.2. The highest BCUT2D eigenvalue weighted by molar-refractivity contribution is 5.93. The van der Waals surface area contributed by atoms with Crippen molar-refractivity contribution in [3.05, 3.63) is 29.3 Å². The zero-order valence-corrected chi connectivity index (χ0v) is 14.6. The Hall–Kier alpha value is -0.810. The number of anilines is 1. The van der Waals surface area contributed by atoms with Crippen LogP contribution in [-0.4, -0.2) is 30.4 Å². The van der Waals surface area contributed by atoms with Crippen LogP contribution in [0.3, 0.4) is 0 Å². The summed E-state index contributed by atoms with van der Waals surface area (Å²) in [5, 5.41) is 6.39. The minimum absolute atomic E-state index is 0. The molecule has 1 aromatic rings. The van der Waals surface area contributed by atoms with E-state index in [4.69, 9.17) is 0 Å². The average Bonchev–Trinajstić information content (AvgIpc) is 3.08. The predicted molar refractivity (Wildman–Crippen MR) is 94.9 cm³/mol. The van der Waals surface area contributed by atoms with Crippen molar-refractivity contribution in [1.29, 1.82) is 0 Å². The van der Waals surface area contributed by atoms with Gasteiger partial charge >= 0.3 is 0 Å². The number of rotatable bonds is 4. The van der Waals surface area contributed by atoms with Gasteiger partial charge in [-0.15, -0.1) is 24.8 Å². The molecule has 0 aliphatic carbocycles. The lowest BCUT2D eigenvalue weighted by Gasteiger charge is -2.14. The van der Waals surface area contributed by atoms with Gasteiger partial charge in [-0.2, -0.15) is 0 Å². The van der Waals surface area contributed by atoms with Crippen molar-refractivity contribution < 1.29 is 4.79 Å². The molecule has 1 unspecified atom stereocenters. The van der Waals surface area contributed by atoms with Gasteiger partial charge in [0, 0.05) is 25.3 Å². The van der Waals surface area contributed by atoms with Gasteiger partial charge in [0.15, 0.2) is 0 Å². The smallest absolute Gasteiger partial charge is 0.228 e. The lowest BCUT2D eigenvalue weighted by Crippen LogP contribution is -2.25. The third-order valence-electron chi connectivity index (χ3n) is 4.28. The van der Waals surface area contributed by atoms with E-state index < -0.39 is 0 Å². The van der Waals surface area contributed by atoms with Crippen molar-refractivity contribution in [3.63, 3.8) is 0 Å². The molecule has 0 aromatic heterocycles. The summed E-state index contributed by atoms with van der Waals surface area (Å²) in [5.74, 6) is 0.288. The number of carbonyl (C=O) groups excluding carboxylic acids is 1. The monoisotopic (exact) mass is 345 g/mol. The molecule has 22 heavy (non-hydrogen) atoms. The number of hydrogen-bond donors (Lipinski definition) is 2. The van der Waals surface area contributed by atoms with Crippen LogP contribution in [0.25, 0.3) is 0 Å². The maximum Gasteiger partial charge on any atom is 0.228 e. The average molecular weight is 346 g/mol. The Bertz CT molecular complexity index is 504. The van der Waals surface area contributed by atoms with Gasteiger partial charge in [-0.05, 0) is 43.1 Å². The molecule has 1 saturated heterocycles. The van der Waals surface area contributed by atoms with Gasteiger partial charge in [-0.1, -0.05) is 19.1 Å². The molecular formula is C16H25Cl2N3O. The highest BCUT2D eigenvalue weighted by atomic mass is 35.5. The molecule has 0 radical (unpaired) electrons. The Kier molecular flexibility index (Phi) is 7.63. The van der Waals surface area contributed by atoms with E-state index >= 15 is 0 Å². The largest absolute Gasteiger partial charge is 0.325 e. The van der Waals surface area contributed by atoms with Crippen LogP contribution in [0.4, 0.5) is 5.69 Å². The minimum atomic E-state index is 0. The molecule has 0 saturated carbocycles. The molecule has 1 amide bonds. The number of nitrogens with one attached hydrogen (secondary N) is 2. The number of nitrogens with zero attached hydrogens (tertiary/aromatic N) is 1. The number of benzene rings is 1. The molecule has 0 bridgehead atoms. The van der Waals surface area contributed by atoms with Gasteiger partial charge in [0.05, 0.1) is 5.92 Å². The lowest BCUT2D eigenvalue weighted by atomic mass is 10.1. The zero-order valence-electron chi connectivity index (χ0n) is 12.9. The molecule has 3 rings (SSSR count). The second-order valence-corrected chi connectivity index (χ2v) is 5.83. The van der Waals surface area contributed by atoms with E-state index in [1.54, 1.807) is 0 Å². The Morgan fingerprint density at radius 2 is 2.18 bits per heavy atom. The van der Waals surface area contributed by atoms with Gasteiger partial charge in [0.1, 0.15) is 0 Å². The van der Waals surface area contributed by atoms with Gasteiger partial charge in [-0.25, -0.2) is 0 Å². The van der Waals surface area contributed by atoms with Crippen molar-refractivity contribution in [2.45, 2.75) is 32.9 Å². The summed E-state index contributed by atoms with van der Waals surface area (Å²) in [7, 11) is 0.